The number of nitrogens with zero attached hydrogens (tertiary/aromatic N) is 2. The molecule has 1 heterocycles. The summed E-state index contributed by atoms with van der Waals surface area (Å²) in [6, 6.07) is 8.52. The van der Waals surface area contributed by atoms with Gasteiger partial charge in [0.1, 0.15) is 0 Å². The van der Waals surface area contributed by atoms with Crippen molar-refractivity contribution < 1.29 is 0 Å². The normalized spacial score (nSPS) is 18.9. The van der Waals surface area contributed by atoms with Crippen molar-refractivity contribution in [3.8, 4) is 0 Å². The largest absolute Gasteiger partial charge is 0.329 e. The second-order valence-corrected chi connectivity index (χ2v) is 5.27. The van der Waals surface area contributed by atoms with Crippen molar-refractivity contribution in [2.24, 2.45) is 5.73 Å². The first-order chi connectivity index (χ1) is 8.72. The van der Waals surface area contributed by atoms with Crippen LogP contribution in [0.5, 0.6) is 0 Å². The van der Waals surface area contributed by atoms with Gasteiger partial charge < -0.3 is 5.73 Å². The Kier molecular flexibility index (Phi) is 7.11. The number of hydrogen-bond donors (Lipinski definition) is 1. The predicted octanol–water partition coefficient (Wildman–Crippen LogP) is 2.40. The fourth-order valence-electron chi connectivity index (χ4n) is 2.57. The number of piperazine rings is 1. The third kappa shape index (κ3) is 4.33. The molecule has 3 nitrogen and oxygen atoms in total. The van der Waals surface area contributed by atoms with Crippen LogP contribution in [0.25, 0.3) is 0 Å². The van der Waals surface area contributed by atoms with Gasteiger partial charge >= 0.3 is 0 Å². The standard InChI is InChI=1S/C14H22ClN3.ClH/c1-12(13-4-2-3-5-14(13)15)18-10-8-17(7-6-16)9-11-18;/h2-5,12H,6-11,16H2,1H3;1H. The maximum absolute atomic E-state index is 6.26. The maximum Gasteiger partial charge on any atom is 0.0453 e. The first-order valence-electron chi connectivity index (χ1n) is 6.63. The summed E-state index contributed by atoms with van der Waals surface area (Å²) in [4.78, 5) is 4.92. The summed E-state index contributed by atoms with van der Waals surface area (Å²) >= 11 is 6.26. The summed E-state index contributed by atoms with van der Waals surface area (Å²) in [6.45, 7) is 8.38. The van der Waals surface area contributed by atoms with Gasteiger partial charge in [0.25, 0.3) is 0 Å². The van der Waals surface area contributed by atoms with E-state index in [2.05, 4.69) is 28.9 Å². The van der Waals surface area contributed by atoms with Crippen LogP contribution in [-0.2, 0) is 0 Å². The van der Waals surface area contributed by atoms with Crippen LogP contribution < -0.4 is 5.73 Å². The third-order valence-corrected chi connectivity index (χ3v) is 4.10. The monoisotopic (exact) mass is 303 g/mol. The van der Waals surface area contributed by atoms with Crippen LogP contribution in [-0.4, -0.2) is 49.1 Å². The Morgan fingerprint density at radius 2 is 1.84 bits per heavy atom. The van der Waals surface area contributed by atoms with Gasteiger partial charge in [-0.25, -0.2) is 0 Å². The molecule has 2 N–H and O–H groups in total. The van der Waals surface area contributed by atoms with Crippen molar-refractivity contribution in [3.05, 3.63) is 34.9 Å². The SMILES string of the molecule is CC(c1ccccc1Cl)N1CCN(CCN)CC1.Cl. The number of rotatable bonds is 4. The van der Waals surface area contributed by atoms with Gasteiger partial charge in [0.2, 0.25) is 0 Å². The van der Waals surface area contributed by atoms with Crippen molar-refractivity contribution in [1.29, 1.82) is 0 Å². The van der Waals surface area contributed by atoms with E-state index in [0.717, 1.165) is 44.3 Å². The molecule has 5 heteroatoms. The lowest BCUT2D eigenvalue weighted by molar-refractivity contribution is 0.104. The summed E-state index contributed by atoms with van der Waals surface area (Å²) in [6.07, 6.45) is 0. The zero-order chi connectivity index (χ0) is 13.0. The molecule has 0 aromatic heterocycles. The highest BCUT2D eigenvalue weighted by Gasteiger charge is 2.22. The lowest BCUT2D eigenvalue weighted by atomic mass is 10.1. The summed E-state index contributed by atoms with van der Waals surface area (Å²) in [5.74, 6) is 0. The first-order valence-corrected chi connectivity index (χ1v) is 7.01. The Morgan fingerprint density at radius 1 is 1.21 bits per heavy atom. The molecule has 2 rings (SSSR count). The van der Waals surface area contributed by atoms with Crippen molar-refractivity contribution >= 4 is 24.0 Å². The molecule has 1 atom stereocenters. The fourth-order valence-corrected chi connectivity index (χ4v) is 2.86. The van der Waals surface area contributed by atoms with Crippen molar-refractivity contribution in [1.82, 2.24) is 9.80 Å². The van der Waals surface area contributed by atoms with Gasteiger partial charge in [-0.1, -0.05) is 29.8 Å². The fraction of sp³-hybridized carbons (Fsp3) is 0.571. The van der Waals surface area contributed by atoms with Gasteiger partial charge in [-0.15, -0.1) is 12.4 Å². The lowest BCUT2D eigenvalue weighted by Gasteiger charge is -2.38. The molecule has 108 valence electrons. The topological polar surface area (TPSA) is 32.5 Å². The average molecular weight is 304 g/mol. The number of hydrogen-bond acceptors (Lipinski definition) is 3. The Bertz CT molecular complexity index is 379. The van der Waals surface area contributed by atoms with Crippen LogP contribution in [0, 0.1) is 0 Å². The molecule has 0 aliphatic carbocycles. The molecule has 0 radical (unpaired) electrons. The van der Waals surface area contributed by atoms with Gasteiger partial charge in [-0.3, -0.25) is 9.80 Å². The van der Waals surface area contributed by atoms with E-state index >= 15 is 0 Å². The summed E-state index contributed by atoms with van der Waals surface area (Å²) in [5.41, 5.74) is 6.82. The first kappa shape index (κ1) is 16.7. The van der Waals surface area contributed by atoms with E-state index in [0.29, 0.717) is 6.04 Å². The smallest absolute Gasteiger partial charge is 0.0453 e. The summed E-state index contributed by atoms with van der Waals surface area (Å²) < 4.78 is 0. The molecular weight excluding hydrogens is 281 g/mol. The van der Waals surface area contributed by atoms with Crippen molar-refractivity contribution in [3.63, 3.8) is 0 Å². The molecule has 1 aromatic carbocycles. The molecule has 19 heavy (non-hydrogen) atoms. The number of benzene rings is 1. The second kappa shape index (κ2) is 8.08. The number of halogens is 2. The van der Waals surface area contributed by atoms with E-state index in [1.807, 2.05) is 12.1 Å². The molecule has 1 fully saturated rings. The van der Waals surface area contributed by atoms with Gasteiger partial charge in [-0.2, -0.15) is 0 Å². The molecule has 0 bridgehead atoms. The quantitative estimate of drug-likeness (QED) is 0.927. The molecule has 1 unspecified atom stereocenters. The number of nitrogens with two attached hydrogens (primary N) is 1. The Labute approximate surface area is 127 Å². The summed E-state index contributed by atoms with van der Waals surface area (Å²) in [5, 5.41) is 0.870. The van der Waals surface area contributed by atoms with Gasteiger partial charge in [0.15, 0.2) is 0 Å². The van der Waals surface area contributed by atoms with E-state index < -0.39 is 0 Å². The van der Waals surface area contributed by atoms with Crippen LogP contribution in [0.4, 0.5) is 0 Å². The van der Waals surface area contributed by atoms with E-state index in [1.165, 1.54) is 5.56 Å². The van der Waals surface area contributed by atoms with Crippen molar-refractivity contribution in [2.45, 2.75) is 13.0 Å². The molecule has 0 saturated carbocycles. The minimum Gasteiger partial charge on any atom is -0.329 e. The zero-order valence-corrected chi connectivity index (χ0v) is 13.0. The highest BCUT2D eigenvalue weighted by atomic mass is 35.5. The minimum absolute atomic E-state index is 0. The van der Waals surface area contributed by atoms with Crippen LogP contribution >= 0.6 is 24.0 Å². The Morgan fingerprint density at radius 3 is 2.42 bits per heavy atom. The van der Waals surface area contributed by atoms with Crippen molar-refractivity contribution in [2.75, 3.05) is 39.3 Å². The highest BCUT2D eigenvalue weighted by molar-refractivity contribution is 6.31. The van der Waals surface area contributed by atoms with E-state index in [1.54, 1.807) is 0 Å². The Balaban J connectivity index is 0.00000180. The summed E-state index contributed by atoms with van der Waals surface area (Å²) in [7, 11) is 0. The van der Waals surface area contributed by atoms with Crippen LogP contribution in [0.1, 0.15) is 18.5 Å². The van der Waals surface area contributed by atoms with Crippen LogP contribution in [0.3, 0.4) is 0 Å². The van der Waals surface area contributed by atoms with Gasteiger partial charge in [-0.05, 0) is 18.6 Å². The molecule has 1 aliphatic rings. The highest BCUT2D eigenvalue weighted by Crippen LogP contribution is 2.27. The molecule has 0 spiro atoms. The lowest BCUT2D eigenvalue weighted by Crippen LogP contribution is -2.48. The third-order valence-electron chi connectivity index (χ3n) is 3.76. The maximum atomic E-state index is 6.26. The molecule has 1 aliphatic heterocycles. The Hall–Kier alpha value is -0.320. The van der Waals surface area contributed by atoms with Gasteiger partial charge in [0.05, 0.1) is 0 Å². The van der Waals surface area contributed by atoms with Crippen LogP contribution in [0.15, 0.2) is 24.3 Å². The predicted molar refractivity (Wildman–Crippen MR) is 84.2 cm³/mol. The van der Waals surface area contributed by atoms with Crippen LogP contribution in [0.2, 0.25) is 5.02 Å². The van der Waals surface area contributed by atoms with E-state index in [9.17, 15) is 0 Å². The molecule has 1 saturated heterocycles. The molecular formula is C14H23Cl2N3. The van der Waals surface area contributed by atoms with E-state index in [-0.39, 0.29) is 12.4 Å². The molecule has 0 amide bonds. The van der Waals surface area contributed by atoms with Gasteiger partial charge in [0, 0.05) is 50.3 Å². The average Bonchev–Trinajstić information content (AvgIpc) is 2.40. The second-order valence-electron chi connectivity index (χ2n) is 4.86. The zero-order valence-electron chi connectivity index (χ0n) is 11.4. The molecule has 1 aromatic rings. The van der Waals surface area contributed by atoms with E-state index in [4.69, 9.17) is 17.3 Å². The minimum atomic E-state index is 0.